The Hall–Kier alpha value is -3.02. The second-order valence-electron chi connectivity index (χ2n) is 6.31. The van der Waals surface area contributed by atoms with Crippen molar-refractivity contribution in [3.05, 3.63) is 60.2 Å². The molecule has 144 valence electrons. The molecule has 2 aromatic rings. The third kappa shape index (κ3) is 7.40. The molecule has 0 radical (unpaired) electrons. The highest BCUT2D eigenvalue weighted by Crippen LogP contribution is 2.12. The van der Waals surface area contributed by atoms with Crippen molar-refractivity contribution >= 4 is 17.5 Å². The number of carbonyl (C=O) groups is 2. The van der Waals surface area contributed by atoms with Gasteiger partial charge in [-0.2, -0.15) is 0 Å². The summed E-state index contributed by atoms with van der Waals surface area (Å²) in [5.74, 6) is 0.612. The van der Waals surface area contributed by atoms with Gasteiger partial charge in [0.1, 0.15) is 5.75 Å². The van der Waals surface area contributed by atoms with Crippen molar-refractivity contribution in [3.63, 3.8) is 0 Å². The molecule has 0 fully saturated rings. The van der Waals surface area contributed by atoms with Gasteiger partial charge < -0.3 is 20.3 Å². The first-order valence-corrected chi connectivity index (χ1v) is 9.06. The number of hydrogen-bond donors (Lipinski definition) is 2. The van der Waals surface area contributed by atoms with E-state index in [0.717, 1.165) is 11.4 Å². The van der Waals surface area contributed by atoms with Crippen molar-refractivity contribution in [2.45, 2.75) is 12.8 Å². The number of amides is 2. The second-order valence-corrected chi connectivity index (χ2v) is 6.31. The molecular formula is C21H27N3O3. The van der Waals surface area contributed by atoms with Gasteiger partial charge in [0, 0.05) is 44.9 Å². The first kappa shape index (κ1) is 20.3. The van der Waals surface area contributed by atoms with E-state index in [4.69, 9.17) is 4.74 Å². The van der Waals surface area contributed by atoms with E-state index in [1.54, 1.807) is 12.1 Å². The van der Waals surface area contributed by atoms with E-state index in [9.17, 15) is 9.59 Å². The molecule has 0 spiro atoms. The fraction of sp³-hybridized carbons (Fsp3) is 0.333. The number of nitrogens with one attached hydrogen (secondary N) is 2. The van der Waals surface area contributed by atoms with Crippen LogP contribution in [0.2, 0.25) is 0 Å². The van der Waals surface area contributed by atoms with Gasteiger partial charge in [0.05, 0.1) is 6.61 Å². The Kier molecular flexibility index (Phi) is 8.16. The lowest BCUT2D eigenvalue weighted by Gasteiger charge is -2.12. The fourth-order valence-corrected chi connectivity index (χ4v) is 2.42. The molecule has 0 heterocycles. The van der Waals surface area contributed by atoms with E-state index in [1.807, 2.05) is 61.5 Å². The molecule has 0 atom stereocenters. The predicted molar refractivity (Wildman–Crippen MR) is 107 cm³/mol. The van der Waals surface area contributed by atoms with Crippen LogP contribution in [-0.2, 0) is 4.79 Å². The van der Waals surface area contributed by atoms with Crippen LogP contribution in [0.4, 0.5) is 5.69 Å². The zero-order valence-electron chi connectivity index (χ0n) is 15.9. The van der Waals surface area contributed by atoms with Gasteiger partial charge in [-0.05, 0) is 42.8 Å². The highest BCUT2D eigenvalue weighted by atomic mass is 16.5. The molecule has 2 rings (SSSR count). The largest absolute Gasteiger partial charge is 0.494 e. The quantitative estimate of drug-likeness (QED) is 0.631. The second kappa shape index (κ2) is 10.9. The van der Waals surface area contributed by atoms with Crippen LogP contribution in [0.1, 0.15) is 23.2 Å². The van der Waals surface area contributed by atoms with Gasteiger partial charge in [-0.1, -0.05) is 18.2 Å². The van der Waals surface area contributed by atoms with E-state index >= 15 is 0 Å². The van der Waals surface area contributed by atoms with Crippen molar-refractivity contribution in [3.8, 4) is 5.75 Å². The SMILES string of the molecule is CN(C)c1ccc(C(=O)NCCNC(=O)CCCOc2ccccc2)cc1. The van der Waals surface area contributed by atoms with Crippen molar-refractivity contribution in [1.82, 2.24) is 10.6 Å². The van der Waals surface area contributed by atoms with Gasteiger partial charge in [-0.15, -0.1) is 0 Å². The maximum atomic E-state index is 12.1. The fourth-order valence-electron chi connectivity index (χ4n) is 2.42. The molecule has 0 aromatic heterocycles. The molecule has 2 aromatic carbocycles. The Morgan fingerprint density at radius 2 is 1.59 bits per heavy atom. The molecular weight excluding hydrogens is 342 g/mol. The number of para-hydroxylation sites is 1. The van der Waals surface area contributed by atoms with Crippen LogP contribution in [0.3, 0.4) is 0 Å². The molecule has 0 saturated heterocycles. The average molecular weight is 369 g/mol. The number of hydrogen-bond acceptors (Lipinski definition) is 4. The Labute approximate surface area is 160 Å². The average Bonchev–Trinajstić information content (AvgIpc) is 2.69. The molecule has 0 saturated carbocycles. The number of rotatable bonds is 10. The van der Waals surface area contributed by atoms with Crippen LogP contribution >= 0.6 is 0 Å². The highest BCUT2D eigenvalue weighted by Gasteiger charge is 2.06. The Bertz CT molecular complexity index is 715. The smallest absolute Gasteiger partial charge is 0.251 e. The summed E-state index contributed by atoms with van der Waals surface area (Å²) < 4.78 is 5.55. The summed E-state index contributed by atoms with van der Waals surface area (Å²) in [6, 6.07) is 16.9. The van der Waals surface area contributed by atoms with Crippen LogP contribution in [0.15, 0.2) is 54.6 Å². The first-order valence-electron chi connectivity index (χ1n) is 9.06. The van der Waals surface area contributed by atoms with Gasteiger partial charge >= 0.3 is 0 Å². The van der Waals surface area contributed by atoms with Crippen LogP contribution in [0.5, 0.6) is 5.75 Å². The molecule has 2 N–H and O–H groups in total. The van der Waals surface area contributed by atoms with Gasteiger partial charge in [-0.3, -0.25) is 9.59 Å². The van der Waals surface area contributed by atoms with Crippen molar-refractivity contribution in [2.24, 2.45) is 0 Å². The first-order chi connectivity index (χ1) is 13.1. The van der Waals surface area contributed by atoms with Gasteiger partial charge in [-0.25, -0.2) is 0 Å². The van der Waals surface area contributed by atoms with Gasteiger partial charge in [0.25, 0.3) is 5.91 Å². The number of carbonyl (C=O) groups excluding carboxylic acids is 2. The van der Waals surface area contributed by atoms with Crippen molar-refractivity contribution in [2.75, 3.05) is 38.7 Å². The van der Waals surface area contributed by atoms with Crippen molar-refractivity contribution < 1.29 is 14.3 Å². The summed E-state index contributed by atoms with van der Waals surface area (Å²) in [5, 5.41) is 5.60. The molecule has 0 unspecified atom stereocenters. The molecule has 0 aliphatic carbocycles. The monoisotopic (exact) mass is 369 g/mol. The molecule has 2 amide bonds. The molecule has 6 heteroatoms. The van der Waals surface area contributed by atoms with Gasteiger partial charge in [0.2, 0.25) is 5.91 Å². The summed E-state index contributed by atoms with van der Waals surface area (Å²) in [6.07, 6.45) is 1.04. The van der Waals surface area contributed by atoms with E-state index in [0.29, 0.717) is 38.1 Å². The maximum Gasteiger partial charge on any atom is 0.251 e. The molecule has 0 bridgehead atoms. The summed E-state index contributed by atoms with van der Waals surface area (Å²) >= 11 is 0. The maximum absolute atomic E-state index is 12.1. The Morgan fingerprint density at radius 3 is 2.26 bits per heavy atom. The minimum Gasteiger partial charge on any atom is -0.494 e. The molecule has 27 heavy (non-hydrogen) atoms. The topological polar surface area (TPSA) is 70.7 Å². The van der Waals surface area contributed by atoms with E-state index in [2.05, 4.69) is 10.6 Å². The minimum atomic E-state index is -0.147. The highest BCUT2D eigenvalue weighted by molar-refractivity contribution is 5.94. The molecule has 0 aliphatic rings. The summed E-state index contributed by atoms with van der Waals surface area (Å²) in [4.78, 5) is 25.8. The van der Waals surface area contributed by atoms with E-state index in [1.165, 1.54) is 0 Å². The van der Waals surface area contributed by atoms with Gasteiger partial charge in [0.15, 0.2) is 0 Å². The Morgan fingerprint density at radius 1 is 0.926 bits per heavy atom. The minimum absolute atomic E-state index is 0.0451. The lowest BCUT2D eigenvalue weighted by atomic mass is 10.2. The third-order valence-corrected chi connectivity index (χ3v) is 3.94. The van der Waals surface area contributed by atoms with Crippen LogP contribution in [0.25, 0.3) is 0 Å². The van der Waals surface area contributed by atoms with Crippen molar-refractivity contribution in [1.29, 1.82) is 0 Å². The summed E-state index contributed by atoms with van der Waals surface area (Å²) in [6.45, 7) is 1.29. The number of benzene rings is 2. The third-order valence-electron chi connectivity index (χ3n) is 3.94. The molecule has 0 aliphatic heterocycles. The zero-order valence-corrected chi connectivity index (χ0v) is 15.9. The standard InChI is InChI=1S/C21H27N3O3/c1-24(2)18-12-10-17(11-13-18)21(26)23-15-14-22-20(25)9-6-16-27-19-7-4-3-5-8-19/h3-5,7-8,10-13H,6,9,14-16H2,1-2H3,(H,22,25)(H,23,26). The normalized spacial score (nSPS) is 10.1. The number of ether oxygens (including phenoxy) is 1. The lowest BCUT2D eigenvalue weighted by molar-refractivity contribution is -0.121. The van der Waals surface area contributed by atoms with E-state index in [-0.39, 0.29) is 11.8 Å². The van der Waals surface area contributed by atoms with E-state index < -0.39 is 0 Å². The van der Waals surface area contributed by atoms with Crippen LogP contribution in [-0.4, -0.2) is 45.6 Å². The number of anilines is 1. The zero-order chi connectivity index (χ0) is 19.5. The van der Waals surface area contributed by atoms with Crippen LogP contribution < -0.4 is 20.3 Å². The Balaban J connectivity index is 1.56. The summed E-state index contributed by atoms with van der Waals surface area (Å²) in [5.41, 5.74) is 1.64. The lowest BCUT2D eigenvalue weighted by Crippen LogP contribution is -2.34. The predicted octanol–water partition coefficient (Wildman–Crippen LogP) is 2.46. The van der Waals surface area contributed by atoms with Crippen LogP contribution in [0, 0.1) is 0 Å². The molecule has 6 nitrogen and oxygen atoms in total. The number of nitrogens with zero attached hydrogens (tertiary/aromatic N) is 1. The summed E-state index contributed by atoms with van der Waals surface area (Å²) in [7, 11) is 3.90.